The van der Waals surface area contributed by atoms with Gasteiger partial charge in [-0.05, 0) is 26.0 Å². The second-order valence-electron chi connectivity index (χ2n) is 5.09. The molecule has 124 valence electrons. The molecule has 1 fully saturated rings. The van der Waals surface area contributed by atoms with Crippen LogP contribution in [0.4, 0.5) is 5.69 Å². The first-order chi connectivity index (χ1) is 11.1. The molecule has 7 nitrogen and oxygen atoms in total. The van der Waals surface area contributed by atoms with E-state index < -0.39 is 11.8 Å². The number of nitrogens with zero attached hydrogens (tertiary/aromatic N) is 2. The SMILES string of the molecule is CCOc1ccccc1NC(=O)CN1CCN(CC)C(=O)C1=O. The lowest BCUT2D eigenvalue weighted by molar-refractivity contribution is -0.156. The highest BCUT2D eigenvalue weighted by molar-refractivity contribution is 6.35. The van der Waals surface area contributed by atoms with Gasteiger partial charge in [0.15, 0.2) is 0 Å². The summed E-state index contributed by atoms with van der Waals surface area (Å²) in [7, 11) is 0. The number of hydrogen-bond acceptors (Lipinski definition) is 4. The molecular weight excluding hydrogens is 298 g/mol. The zero-order valence-corrected chi connectivity index (χ0v) is 13.4. The number of nitrogens with one attached hydrogen (secondary N) is 1. The summed E-state index contributed by atoms with van der Waals surface area (Å²) in [4.78, 5) is 38.7. The van der Waals surface area contributed by atoms with Crippen molar-refractivity contribution in [1.82, 2.24) is 9.80 Å². The smallest absolute Gasteiger partial charge is 0.312 e. The van der Waals surface area contributed by atoms with Gasteiger partial charge < -0.3 is 19.9 Å². The molecule has 0 aromatic heterocycles. The fourth-order valence-corrected chi connectivity index (χ4v) is 2.38. The Bertz CT molecular complexity index is 603. The molecule has 0 bridgehead atoms. The van der Waals surface area contributed by atoms with Crippen molar-refractivity contribution in [2.45, 2.75) is 13.8 Å². The third-order valence-electron chi connectivity index (χ3n) is 3.57. The molecule has 7 heteroatoms. The van der Waals surface area contributed by atoms with Crippen molar-refractivity contribution in [3.8, 4) is 5.75 Å². The minimum Gasteiger partial charge on any atom is -0.492 e. The van der Waals surface area contributed by atoms with Gasteiger partial charge in [-0.25, -0.2) is 0 Å². The van der Waals surface area contributed by atoms with Crippen molar-refractivity contribution in [2.24, 2.45) is 0 Å². The molecule has 3 amide bonds. The highest BCUT2D eigenvalue weighted by Gasteiger charge is 2.32. The van der Waals surface area contributed by atoms with Crippen molar-refractivity contribution >= 4 is 23.4 Å². The molecule has 1 aromatic rings. The molecule has 1 N–H and O–H groups in total. The summed E-state index contributed by atoms with van der Waals surface area (Å²) in [6.07, 6.45) is 0. The third-order valence-corrected chi connectivity index (χ3v) is 3.57. The van der Waals surface area contributed by atoms with E-state index in [1.807, 2.05) is 19.9 Å². The summed E-state index contributed by atoms with van der Waals surface area (Å²) in [6.45, 7) is 5.31. The number of ether oxygens (including phenoxy) is 1. The predicted molar refractivity (Wildman–Crippen MR) is 85.1 cm³/mol. The molecule has 1 aliphatic rings. The molecule has 0 spiro atoms. The number of benzene rings is 1. The van der Waals surface area contributed by atoms with Gasteiger partial charge in [0.2, 0.25) is 5.91 Å². The number of amides is 3. The van der Waals surface area contributed by atoms with Crippen LogP contribution < -0.4 is 10.1 Å². The lowest BCUT2D eigenvalue weighted by Gasteiger charge is -2.32. The average molecular weight is 319 g/mol. The molecule has 1 heterocycles. The lowest BCUT2D eigenvalue weighted by Crippen LogP contribution is -2.55. The monoisotopic (exact) mass is 319 g/mol. The van der Waals surface area contributed by atoms with Gasteiger partial charge in [-0.3, -0.25) is 14.4 Å². The van der Waals surface area contributed by atoms with Crippen molar-refractivity contribution in [3.63, 3.8) is 0 Å². The highest BCUT2D eigenvalue weighted by Crippen LogP contribution is 2.23. The molecule has 2 rings (SSSR count). The second-order valence-corrected chi connectivity index (χ2v) is 5.09. The van der Waals surface area contributed by atoms with Crippen LogP contribution in [0, 0.1) is 0 Å². The number of anilines is 1. The van der Waals surface area contributed by atoms with Crippen molar-refractivity contribution in [3.05, 3.63) is 24.3 Å². The number of carbonyl (C=O) groups is 3. The molecular formula is C16H21N3O4. The summed E-state index contributed by atoms with van der Waals surface area (Å²) in [5, 5.41) is 2.72. The second kappa shape index (κ2) is 7.62. The van der Waals surface area contributed by atoms with Gasteiger partial charge in [0, 0.05) is 19.6 Å². The van der Waals surface area contributed by atoms with Gasteiger partial charge in [0.25, 0.3) is 0 Å². The number of hydrogen-bond donors (Lipinski definition) is 1. The predicted octanol–water partition coefficient (Wildman–Crippen LogP) is 0.714. The molecule has 0 atom stereocenters. The Balaban J connectivity index is 1.98. The van der Waals surface area contributed by atoms with E-state index in [-0.39, 0.29) is 12.5 Å². The highest BCUT2D eigenvalue weighted by atomic mass is 16.5. The van der Waals surface area contributed by atoms with E-state index in [0.717, 1.165) is 0 Å². The Morgan fingerprint density at radius 1 is 1.13 bits per heavy atom. The number of likely N-dealkylation sites (N-methyl/N-ethyl adjacent to an activating group) is 1. The van der Waals surface area contributed by atoms with Crippen molar-refractivity contribution < 1.29 is 19.1 Å². The molecule has 23 heavy (non-hydrogen) atoms. The van der Waals surface area contributed by atoms with Crippen molar-refractivity contribution in [1.29, 1.82) is 0 Å². The fraction of sp³-hybridized carbons (Fsp3) is 0.438. The average Bonchev–Trinajstić information content (AvgIpc) is 2.54. The number of carbonyl (C=O) groups excluding carboxylic acids is 3. The van der Waals surface area contributed by atoms with Gasteiger partial charge >= 0.3 is 11.8 Å². The quantitative estimate of drug-likeness (QED) is 0.784. The molecule has 1 aliphatic heterocycles. The van der Waals surface area contributed by atoms with Gasteiger partial charge in [-0.1, -0.05) is 12.1 Å². The van der Waals surface area contributed by atoms with Crippen LogP contribution in [0.1, 0.15) is 13.8 Å². The minimum atomic E-state index is -0.633. The molecule has 1 saturated heterocycles. The fourth-order valence-electron chi connectivity index (χ4n) is 2.38. The van der Waals surface area contributed by atoms with Crippen LogP contribution in [-0.4, -0.2) is 60.3 Å². The summed E-state index contributed by atoms with van der Waals surface area (Å²) in [5.74, 6) is -0.975. The Hall–Kier alpha value is -2.57. The summed E-state index contributed by atoms with van der Waals surface area (Å²) in [6, 6.07) is 7.08. The van der Waals surface area contributed by atoms with Gasteiger partial charge in [0.1, 0.15) is 12.3 Å². The van der Waals surface area contributed by atoms with E-state index in [9.17, 15) is 14.4 Å². The van der Waals surface area contributed by atoms with E-state index in [4.69, 9.17) is 4.74 Å². The Morgan fingerprint density at radius 3 is 2.48 bits per heavy atom. The van der Waals surface area contributed by atoms with Gasteiger partial charge in [-0.2, -0.15) is 0 Å². The Kier molecular flexibility index (Phi) is 5.56. The maximum Gasteiger partial charge on any atom is 0.312 e. The first-order valence-corrected chi connectivity index (χ1v) is 7.66. The minimum absolute atomic E-state index is 0.150. The number of rotatable bonds is 6. The van der Waals surface area contributed by atoms with Gasteiger partial charge in [0.05, 0.1) is 12.3 Å². The first kappa shape index (κ1) is 16.8. The van der Waals surface area contributed by atoms with Crippen LogP contribution in [-0.2, 0) is 14.4 Å². The molecule has 0 radical (unpaired) electrons. The first-order valence-electron chi connectivity index (χ1n) is 7.66. The zero-order valence-electron chi connectivity index (χ0n) is 13.4. The van der Waals surface area contributed by atoms with E-state index in [1.165, 1.54) is 9.80 Å². The Labute approximate surface area is 135 Å². The van der Waals surface area contributed by atoms with Crippen LogP contribution in [0.15, 0.2) is 24.3 Å². The van der Waals surface area contributed by atoms with E-state index in [0.29, 0.717) is 37.7 Å². The summed E-state index contributed by atoms with van der Waals surface area (Å²) < 4.78 is 5.44. The maximum absolute atomic E-state index is 12.2. The zero-order chi connectivity index (χ0) is 16.8. The molecule has 0 saturated carbocycles. The number of piperazine rings is 1. The van der Waals surface area contributed by atoms with Crippen LogP contribution in [0.5, 0.6) is 5.75 Å². The van der Waals surface area contributed by atoms with E-state index >= 15 is 0 Å². The van der Waals surface area contributed by atoms with Crippen LogP contribution in [0.3, 0.4) is 0 Å². The van der Waals surface area contributed by atoms with Crippen LogP contribution in [0.2, 0.25) is 0 Å². The van der Waals surface area contributed by atoms with Crippen LogP contribution >= 0.6 is 0 Å². The summed E-state index contributed by atoms with van der Waals surface area (Å²) in [5.41, 5.74) is 0.547. The Morgan fingerprint density at radius 2 is 1.78 bits per heavy atom. The topological polar surface area (TPSA) is 79.0 Å². The third kappa shape index (κ3) is 4.00. The summed E-state index contributed by atoms with van der Waals surface area (Å²) >= 11 is 0. The molecule has 0 aliphatic carbocycles. The largest absolute Gasteiger partial charge is 0.492 e. The van der Waals surface area contributed by atoms with Crippen LogP contribution in [0.25, 0.3) is 0 Å². The molecule has 0 unspecified atom stereocenters. The molecule has 1 aromatic carbocycles. The van der Waals surface area contributed by atoms with E-state index in [2.05, 4.69) is 5.32 Å². The standard InChI is InChI=1S/C16H21N3O4/c1-3-18-9-10-19(16(22)15(18)21)11-14(20)17-12-7-5-6-8-13(12)23-4-2/h5-8H,3-4,9-11H2,1-2H3,(H,17,20). The van der Waals surface area contributed by atoms with E-state index in [1.54, 1.807) is 18.2 Å². The van der Waals surface area contributed by atoms with Crippen molar-refractivity contribution in [2.75, 3.05) is 38.1 Å². The lowest BCUT2D eigenvalue weighted by atomic mass is 10.2. The maximum atomic E-state index is 12.2. The normalized spacial score (nSPS) is 14.9. The number of para-hydroxylation sites is 2. The van der Waals surface area contributed by atoms with Gasteiger partial charge in [-0.15, -0.1) is 0 Å².